The van der Waals surface area contributed by atoms with Crippen LogP contribution in [0.25, 0.3) is 69.5 Å². The first-order valence-corrected chi connectivity index (χ1v) is 16.4. The molecule has 10 rings (SSSR count). The van der Waals surface area contributed by atoms with Crippen molar-refractivity contribution in [2.75, 3.05) is 0 Å². The van der Waals surface area contributed by atoms with E-state index in [9.17, 15) is 0 Å². The molecule has 216 valence electrons. The summed E-state index contributed by atoms with van der Waals surface area (Å²) in [6.45, 7) is 0. The van der Waals surface area contributed by atoms with Crippen molar-refractivity contribution >= 4 is 80.8 Å². The highest BCUT2D eigenvalue weighted by Crippen LogP contribution is 2.49. The van der Waals surface area contributed by atoms with E-state index >= 15 is 0 Å². The maximum atomic E-state index is 6.55. The average Bonchev–Trinajstić information content (AvgIpc) is 3.71. The molecule has 3 aromatic heterocycles. The summed E-state index contributed by atoms with van der Waals surface area (Å²) in [4.78, 5) is 10.6. The molecule has 46 heavy (non-hydrogen) atoms. The average molecular weight is 607 g/mol. The lowest BCUT2D eigenvalue weighted by Crippen LogP contribution is -2.29. The van der Waals surface area contributed by atoms with Crippen LogP contribution in [-0.4, -0.2) is 9.97 Å². The Balaban J connectivity index is 1.29. The van der Waals surface area contributed by atoms with Crippen molar-refractivity contribution in [3.63, 3.8) is 0 Å². The van der Waals surface area contributed by atoms with Crippen molar-refractivity contribution in [2.24, 2.45) is 0 Å². The zero-order chi connectivity index (χ0) is 30.2. The van der Waals surface area contributed by atoms with Crippen LogP contribution in [0.15, 0.2) is 150 Å². The fourth-order valence-electron chi connectivity index (χ4n) is 7.57. The van der Waals surface area contributed by atoms with Crippen molar-refractivity contribution in [3.05, 3.63) is 163 Å². The number of hydrogen-bond donors (Lipinski definition) is 0. The largest absolute Gasteiger partial charge is 0.436 e. The third kappa shape index (κ3) is 3.59. The molecule has 0 bridgehead atoms. The molecule has 0 saturated carbocycles. The Kier molecular flexibility index (Phi) is 5.43. The molecule has 0 N–H and O–H groups in total. The van der Waals surface area contributed by atoms with Crippen LogP contribution in [0.3, 0.4) is 0 Å². The van der Waals surface area contributed by atoms with Crippen molar-refractivity contribution in [3.8, 4) is 0 Å². The molecule has 0 radical (unpaired) electrons. The normalized spacial score (nSPS) is 16.7. The number of allylic oxidation sites excluding steroid dienone is 4. The van der Waals surface area contributed by atoms with E-state index < -0.39 is 5.41 Å². The highest BCUT2D eigenvalue weighted by atomic mass is 32.1. The Hall–Kier alpha value is -5.58. The molecule has 0 saturated heterocycles. The van der Waals surface area contributed by atoms with Crippen LogP contribution in [-0.2, 0) is 5.41 Å². The zero-order valence-electron chi connectivity index (χ0n) is 24.8. The summed E-state index contributed by atoms with van der Waals surface area (Å²) in [6.07, 6.45) is 9.50. The maximum Gasteiger partial charge on any atom is 0.246 e. The first-order chi connectivity index (χ1) is 22.8. The summed E-state index contributed by atoms with van der Waals surface area (Å²) in [5, 5.41) is 8.16. The van der Waals surface area contributed by atoms with E-state index in [2.05, 4.69) is 140 Å². The Morgan fingerprint density at radius 2 is 1.35 bits per heavy atom. The highest BCUT2D eigenvalue weighted by molar-refractivity contribution is 7.26. The summed E-state index contributed by atoms with van der Waals surface area (Å²) in [7, 11) is 0. The Morgan fingerprint density at radius 3 is 2.20 bits per heavy atom. The number of benzene rings is 6. The topological polar surface area (TPSA) is 38.9 Å². The van der Waals surface area contributed by atoms with Crippen LogP contribution in [0.1, 0.15) is 23.2 Å². The van der Waals surface area contributed by atoms with Crippen LogP contribution in [0.5, 0.6) is 0 Å². The standard InChI is InChI=1S/C42H26N2OS/c1-2-12-26(13-3-1)27-14-11-23-42(24-27,34-21-10-20-33-30-17-8-9-22-35(30)46-40(33)34)36-25-43-41-38(44-36)37-31-18-6-4-15-28(31)29-16-5-7-19-32(29)39(37)45-41/h1-23,25H,24H2. The van der Waals surface area contributed by atoms with Gasteiger partial charge >= 0.3 is 0 Å². The Morgan fingerprint density at radius 1 is 0.652 bits per heavy atom. The number of hydrogen-bond acceptors (Lipinski definition) is 4. The second-order valence-electron chi connectivity index (χ2n) is 12.2. The van der Waals surface area contributed by atoms with Gasteiger partial charge in [0.15, 0.2) is 0 Å². The fraction of sp³-hybridized carbons (Fsp3) is 0.0476. The lowest BCUT2D eigenvalue weighted by Gasteiger charge is -2.34. The number of fused-ring (bicyclic) bond motifs is 11. The van der Waals surface area contributed by atoms with Crippen LogP contribution < -0.4 is 0 Å². The van der Waals surface area contributed by atoms with E-state index in [1.165, 1.54) is 47.6 Å². The summed E-state index contributed by atoms with van der Waals surface area (Å²) in [5.74, 6) is 0. The van der Waals surface area contributed by atoms with Gasteiger partial charge in [-0.1, -0.05) is 133 Å². The summed E-state index contributed by atoms with van der Waals surface area (Å²) < 4.78 is 9.14. The van der Waals surface area contributed by atoms with Gasteiger partial charge < -0.3 is 4.42 Å². The second-order valence-corrected chi connectivity index (χ2v) is 13.2. The molecule has 1 aliphatic carbocycles. The first-order valence-electron chi connectivity index (χ1n) is 15.6. The van der Waals surface area contributed by atoms with E-state index in [0.29, 0.717) is 5.71 Å². The molecule has 0 spiro atoms. The number of thiophene rings is 1. The van der Waals surface area contributed by atoms with Crippen molar-refractivity contribution in [1.29, 1.82) is 0 Å². The Bertz CT molecular complexity index is 2730. The molecule has 0 aliphatic heterocycles. The van der Waals surface area contributed by atoms with E-state index in [4.69, 9.17) is 14.4 Å². The van der Waals surface area contributed by atoms with Crippen LogP contribution >= 0.6 is 11.3 Å². The third-order valence-corrected chi connectivity index (χ3v) is 10.9. The summed E-state index contributed by atoms with van der Waals surface area (Å²) in [6, 6.07) is 43.2. The summed E-state index contributed by atoms with van der Waals surface area (Å²) >= 11 is 1.86. The second kappa shape index (κ2) is 9.71. The Labute approximate surface area is 268 Å². The predicted molar refractivity (Wildman–Crippen MR) is 193 cm³/mol. The molecule has 1 atom stereocenters. The first kappa shape index (κ1) is 25.7. The van der Waals surface area contributed by atoms with Crippen molar-refractivity contribution < 1.29 is 4.42 Å². The molecule has 4 heteroatoms. The van der Waals surface area contributed by atoms with Gasteiger partial charge in [-0.15, -0.1) is 11.3 Å². The molecular weight excluding hydrogens is 581 g/mol. The van der Waals surface area contributed by atoms with Gasteiger partial charge in [0, 0.05) is 25.6 Å². The molecule has 1 unspecified atom stereocenters. The lowest BCUT2D eigenvalue weighted by atomic mass is 9.69. The van der Waals surface area contributed by atoms with Gasteiger partial charge in [-0.2, -0.15) is 0 Å². The monoisotopic (exact) mass is 606 g/mol. The van der Waals surface area contributed by atoms with Gasteiger partial charge in [0.05, 0.1) is 22.7 Å². The number of furan rings is 1. The quantitative estimate of drug-likeness (QED) is 0.188. The smallest absolute Gasteiger partial charge is 0.246 e. The van der Waals surface area contributed by atoms with Gasteiger partial charge in [-0.3, -0.25) is 0 Å². The van der Waals surface area contributed by atoms with E-state index in [1.807, 2.05) is 17.5 Å². The van der Waals surface area contributed by atoms with Gasteiger partial charge in [0.2, 0.25) is 5.71 Å². The van der Waals surface area contributed by atoms with Crippen molar-refractivity contribution in [1.82, 2.24) is 9.97 Å². The zero-order valence-corrected chi connectivity index (χ0v) is 25.6. The molecule has 1 aliphatic rings. The summed E-state index contributed by atoms with van der Waals surface area (Å²) in [5.41, 5.74) is 6.33. The van der Waals surface area contributed by atoms with Gasteiger partial charge in [0.25, 0.3) is 0 Å². The van der Waals surface area contributed by atoms with Crippen molar-refractivity contribution in [2.45, 2.75) is 11.8 Å². The minimum atomic E-state index is -0.544. The molecule has 6 aromatic carbocycles. The minimum absolute atomic E-state index is 0.544. The van der Waals surface area contributed by atoms with Gasteiger partial charge in [0.1, 0.15) is 11.1 Å². The van der Waals surface area contributed by atoms with E-state index in [0.717, 1.165) is 39.4 Å². The van der Waals surface area contributed by atoms with E-state index in [1.54, 1.807) is 0 Å². The molecule has 3 nitrogen and oxygen atoms in total. The number of rotatable bonds is 3. The van der Waals surface area contributed by atoms with Crippen LogP contribution in [0.2, 0.25) is 0 Å². The lowest BCUT2D eigenvalue weighted by molar-refractivity contribution is 0.628. The van der Waals surface area contributed by atoms with E-state index in [-0.39, 0.29) is 0 Å². The molecule has 3 heterocycles. The molecule has 0 amide bonds. The van der Waals surface area contributed by atoms with Gasteiger partial charge in [-0.05, 0) is 45.3 Å². The maximum absolute atomic E-state index is 6.55. The van der Waals surface area contributed by atoms with Crippen LogP contribution in [0.4, 0.5) is 0 Å². The minimum Gasteiger partial charge on any atom is -0.436 e. The van der Waals surface area contributed by atoms with Gasteiger partial charge in [-0.25, -0.2) is 9.97 Å². The highest BCUT2D eigenvalue weighted by Gasteiger charge is 2.39. The fourth-order valence-corrected chi connectivity index (χ4v) is 8.87. The SMILES string of the molecule is C1=CC(c2cnc3oc4c5ccccc5c5ccccc5c4c3n2)(c2cccc3c2sc2ccccc23)CC(c2ccccc2)=C1. The molecule has 0 fully saturated rings. The predicted octanol–water partition coefficient (Wildman–Crippen LogP) is 11.4. The third-order valence-electron chi connectivity index (χ3n) is 9.69. The molecular formula is C42H26N2OS. The number of aromatic nitrogens is 2. The van der Waals surface area contributed by atoms with Crippen LogP contribution in [0, 0.1) is 0 Å². The number of nitrogens with zero attached hydrogens (tertiary/aromatic N) is 2. The molecule has 9 aromatic rings.